The number of aromatic nitrogens is 4. The maximum absolute atomic E-state index is 14.3. The predicted molar refractivity (Wildman–Crippen MR) is 295 cm³/mol. The maximum Gasteiger partial charge on any atom is 0.243 e. The van der Waals surface area contributed by atoms with Crippen LogP contribution in [-0.4, -0.2) is 147 Å². The fourth-order valence-corrected chi connectivity index (χ4v) is 12.9. The monoisotopic (exact) mass is 1060 g/mol. The van der Waals surface area contributed by atoms with Gasteiger partial charge in [-0.25, -0.2) is 4.98 Å². The molecule has 5 aliphatic heterocycles. The summed E-state index contributed by atoms with van der Waals surface area (Å²) < 4.78 is 19.0. The number of rotatable bonds is 16. The third kappa shape index (κ3) is 11.6. The molecule has 11 rings (SSSR count). The van der Waals surface area contributed by atoms with Crippen molar-refractivity contribution in [1.29, 1.82) is 5.26 Å². The van der Waals surface area contributed by atoms with Gasteiger partial charge in [0, 0.05) is 113 Å². The number of amides is 2. The maximum atomic E-state index is 14.3. The van der Waals surface area contributed by atoms with E-state index < -0.39 is 18.1 Å². The number of carbonyl (C=O) groups excluding carboxylic acids is 2. The van der Waals surface area contributed by atoms with Crippen molar-refractivity contribution in [2.45, 2.75) is 139 Å². The number of aliphatic hydroxyl groups is 1. The molecule has 5 saturated heterocycles. The number of phenolic OH excluding ortho intramolecular Hbond substituents is 1. The molecule has 5 N–H and O–H groups in total. The lowest BCUT2D eigenvalue weighted by Crippen LogP contribution is -2.48. The minimum atomic E-state index is -0.825. The van der Waals surface area contributed by atoms with Crippen molar-refractivity contribution < 1.29 is 33.8 Å². The van der Waals surface area contributed by atoms with Gasteiger partial charge in [-0.15, -0.1) is 10.2 Å². The summed E-state index contributed by atoms with van der Waals surface area (Å²) >= 11 is 0. The van der Waals surface area contributed by atoms with E-state index in [4.69, 9.17) is 19.7 Å². The molecule has 6 atom stereocenters. The molecule has 0 spiro atoms. The summed E-state index contributed by atoms with van der Waals surface area (Å²) in [6, 6.07) is 23.9. The minimum absolute atomic E-state index is 0.0646. The number of nitriles is 1. The van der Waals surface area contributed by atoms with E-state index in [1.807, 2.05) is 63.4 Å². The van der Waals surface area contributed by atoms with Crippen molar-refractivity contribution in [2.24, 2.45) is 11.8 Å². The Balaban J connectivity index is 0.604. The number of nitrogens with zero attached hydrogens (tertiary/aromatic N) is 10. The zero-order valence-corrected chi connectivity index (χ0v) is 45.1. The molecule has 2 amide bonds. The number of piperidine rings is 2. The molecule has 1 aliphatic carbocycles. The number of anilines is 4. The van der Waals surface area contributed by atoms with Gasteiger partial charge in [0.2, 0.25) is 17.7 Å². The van der Waals surface area contributed by atoms with Gasteiger partial charge in [0.15, 0.2) is 17.4 Å². The smallest absolute Gasteiger partial charge is 0.243 e. The summed E-state index contributed by atoms with van der Waals surface area (Å²) in [6.45, 7) is 12.3. The van der Waals surface area contributed by atoms with Gasteiger partial charge in [0.05, 0.1) is 47.4 Å². The molecule has 5 aromatic rings. The second-order valence-electron chi connectivity index (χ2n) is 23.0. The van der Waals surface area contributed by atoms with Crippen LogP contribution in [0.5, 0.6) is 11.6 Å². The molecule has 2 bridgehead atoms. The number of β-amino-alcohol motifs (C(OH)–C–C–N with tert-alkyl or cyclic N) is 1. The normalized spacial score (nSPS) is 24.9. The number of ether oxygens (including phenoxy) is 2. The van der Waals surface area contributed by atoms with Crippen LogP contribution in [0.4, 0.5) is 23.0 Å². The Kier molecular flexibility index (Phi) is 15.7. The molecule has 8 heterocycles. The SMILES string of the molecule is CC(C)[C@@H](C(=O)N1C[C@H](O)C[C@H]1C(=O)N[C@@H](C)c1ccc(C#N)cc1)c1cc(N2CCC(CN3CCC(OC4CC(Oc5cc(N6C7CCC6CN(c6cc(-c8ccccc8O)nnc6N)CC7)ccn5)C4)CC3)CC2)no1. The third-order valence-corrected chi connectivity index (χ3v) is 17.4. The average Bonchev–Trinajstić information content (AvgIpc) is 4.22. The van der Waals surface area contributed by atoms with Crippen molar-refractivity contribution >= 4 is 34.8 Å². The van der Waals surface area contributed by atoms with Crippen LogP contribution in [0.15, 0.2) is 83.5 Å². The summed E-state index contributed by atoms with van der Waals surface area (Å²) in [5.41, 5.74) is 11.0. The number of hydrogen-bond donors (Lipinski definition) is 4. The lowest BCUT2D eigenvalue weighted by molar-refractivity contribution is -0.141. The van der Waals surface area contributed by atoms with E-state index in [-0.39, 0.29) is 66.8 Å². The Bertz CT molecular complexity index is 2930. The number of benzene rings is 2. The zero-order valence-electron chi connectivity index (χ0n) is 45.1. The second-order valence-corrected chi connectivity index (χ2v) is 23.0. The predicted octanol–water partition coefficient (Wildman–Crippen LogP) is 6.82. The Morgan fingerprint density at radius 2 is 1.60 bits per heavy atom. The Morgan fingerprint density at radius 1 is 0.846 bits per heavy atom. The van der Waals surface area contributed by atoms with Gasteiger partial charge in [-0.1, -0.05) is 43.3 Å². The number of para-hydroxylation sites is 1. The summed E-state index contributed by atoms with van der Waals surface area (Å²) in [4.78, 5) is 43.8. The van der Waals surface area contributed by atoms with Crippen LogP contribution in [0, 0.1) is 23.2 Å². The number of aliphatic hydroxyl groups excluding tert-OH is 1. The van der Waals surface area contributed by atoms with E-state index in [1.54, 1.807) is 24.3 Å². The number of nitrogen functional groups attached to an aromatic ring is 1. The Morgan fingerprint density at radius 3 is 2.36 bits per heavy atom. The van der Waals surface area contributed by atoms with E-state index >= 15 is 0 Å². The molecule has 6 aliphatic rings. The van der Waals surface area contributed by atoms with Gasteiger partial charge >= 0.3 is 0 Å². The lowest BCUT2D eigenvalue weighted by Gasteiger charge is -2.41. The fourth-order valence-electron chi connectivity index (χ4n) is 12.9. The zero-order chi connectivity index (χ0) is 54.0. The van der Waals surface area contributed by atoms with Crippen LogP contribution >= 0.6 is 0 Å². The lowest BCUT2D eigenvalue weighted by atomic mass is 9.91. The number of hydrogen-bond acceptors (Lipinski definition) is 17. The fraction of sp³-hybridized carbons (Fsp3) is 0.542. The Labute approximate surface area is 456 Å². The summed E-state index contributed by atoms with van der Waals surface area (Å²) in [6.07, 6.45) is 10.8. The number of carbonyl (C=O) groups is 2. The number of fused-ring (bicyclic) bond motifs is 2. The largest absolute Gasteiger partial charge is 0.507 e. The van der Waals surface area contributed by atoms with Crippen LogP contribution < -0.4 is 30.5 Å². The van der Waals surface area contributed by atoms with Gasteiger partial charge in [0.25, 0.3) is 0 Å². The molecule has 6 fully saturated rings. The molecule has 412 valence electrons. The average molecular weight is 1060 g/mol. The molecule has 78 heavy (non-hydrogen) atoms. The highest BCUT2D eigenvalue weighted by Gasteiger charge is 2.44. The molecule has 1 saturated carbocycles. The van der Waals surface area contributed by atoms with Gasteiger partial charge in [-0.3, -0.25) is 9.59 Å². The first-order chi connectivity index (χ1) is 37.8. The minimum Gasteiger partial charge on any atom is -0.507 e. The van der Waals surface area contributed by atoms with Crippen LogP contribution in [0.3, 0.4) is 0 Å². The van der Waals surface area contributed by atoms with Crippen molar-refractivity contribution in [3.63, 3.8) is 0 Å². The van der Waals surface area contributed by atoms with E-state index in [0.717, 1.165) is 126 Å². The van der Waals surface area contributed by atoms with Gasteiger partial charge < -0.3 is 59.8 Å². The molecule has 3 aromatic heterocycles. The number of nitrogens with one attached hydrogen (secondary N) is 1. The summed E-state index contributed by atoms with van der Waals surface area (Å²) in [5.74, 6) is 1.59. The van der Waals surface area contributed by atoms with Crippen LogP contribution in [0.2, 0.25) is 0 Å². The van der Waals surface area contributed by atoms with E-state index in [9.17, 15) is 25.1 Å². The Hall–Kier alpha value is -7.01. The first kappa shape index (κ1) is 53.0. The van der Waals surface area contributed by atoms with Crippen molar-refractivity contribution in [3.8, 4) is 29.0 Å². The van der Waals surface area contributed by atoms with E-state index in [0.29, 0.717) is 46.2 Å². The molecular weight excluding hydrogens is 989 g/mol. The van der Waals surface area contributed by atoms with Crippen molar-refractivity contribution in [1.82, 2.24) is 35.5 Å². The van der Waals surface area contributed by atoms with Crippen LogP contribution in [0.25, 0.3) is 11.3 Å². The molecule has 19 nitrogen and oxygen atoms in total. The highest BCUT2D eigenvalue weighted by molar-refractivity contribution is 5.91. The number of phenols is 1. The van der Waals surface area contributed by atoms with E-state index in [2.05, 4.69) is 63.5 Å². The van der Waals surface area contributed by atoms with E-state index in [1.165, 1.54) is 4.90 Å². The molecule has 0 radical (unpaired) electrons. The highest BCUT2D eigenvalue weighted by Crippen LogP contribution is 2.41. The van der Waals surface area contributed by atoms with Crippen molar-refractivity contribution in [2.75, 3.05) is 72.8 Å². The number of nitrogens with two attached hydrogens (primary N) is 1. The van der Waals surface area contributed by atoms with Crippen molar-refractivity contribution in [3.05, 3.63) is 95.9 Å². The quantitative estimate of drug-likeness (QED) is 0.0793. The first-order valence-electron chi connectivity index (χ1n) is 28.3. The van der Waals surface area contributed by atoms with Crippen LogP contribution in [0.1, 0.15) is 114 Å². The summed E-state index contributed by atoms with van der Waals surface area (Å²) in [5, 5.41) is 46.4. The molecule has 19 heteroatoms. The highest BCUT2D eigenvalue weighted by atomic mass is 16.5. The van der Waals surface area contributed by atoms with Crippen LogP contribution in [-0.2, 0) is 14.3 Å². The molecule has 2 unspecified atom stereocenters. The van der Waals surface area contributed by atoms with Gasteiger partial charge in [0.1, 0.15) is 23.8 Å². The standard InChI is InChI=1S/C59H74N12O7/c1-36(2)56(59(75)70-35-44(72)27-51(70)58(74)63-37(3)40-10-8-38(32-60)9-11-40)53-31-54(66-78-53)68-23-15-39(16-24-68)33-67-21-18-45(19-22-67)76-46-28-47(29-46)77-55-26-42(14-20-62-55)71-41-12-13-43(71)34-69(25-17-41)50-30-49(64-65-57(50)61)48-6-4-5-7-52(48)73/h4-11,14,20,26,30-31,36-37,39,41,43-47,51,56,72-73H,12-13,15-19,21-25,27-29,33-35H2,1-3H3,(H2,61,65)(H,63,74)/t37-,41?,43?,44+,46?,47?,51-,56+/m0/s1. The van der Waals surface area contributed by atoms with Gasteiger partial charge in [-0.2, -0.15) is 5.26 Å². The topological polar surface area (TPSA) is 236 Å². The number of pyridine rings is 1. The third-order valence-electron chi connectivity index (χ3n) is 17.4. The number of aromatic hydroxyl groups is 1. The summed E-state index contributed by atoms with van der Waals surface area (Å²) in [7, 11) is 0. The van der Waals surface area contributed by atoms with Gasteiger partial charge in [-0.05, 0) is 106 Å². The molecule has 2 aromatic carbocycles. The number of likely N-dealkylation sites (tertiary alicyclic amines) is 2. The second kappa shape index (κ2) is 23.1. The molecular formula is C59H74N12O7. The first-order valence-corrected chi connectivity index (χ1v) is 28.3.